The predicted molar refractivity (Wildman–Crippen MR) is 85.5 cm³/mol. The highest BCUT2D eigenvalue weighted by Crippen LogP contribution is 2.22. The first kappa shape index (κ1) is 14.1. The summed E-state index contributed by atoms with van der Waals surface area (Å²) in [6.07, 6.45) is 6.66. The van der Waals surface area contributed by atoms with Crippen LogP contribution in [0.1, 0.15) is 23.4 Å². The summed E-state index contributed by atoms with van der Waals surface area (Å²) in [7, 11) is 0. The zero-order valence-corrected chi connectivity index (χ0v) is 13.0. The molecule has 1 aliphatic rings. The molecule has 20 heavy (non-hydrogen) atoms. The lowest BCUT2D eigenvalue weighted by atomic mass is 9.96. The summed E-state index contributed by atoms with van der Waals surface area (Å²) in [6, 6.07) is 8.97. The average molecular weight is 307 g/mol. The van der Waals surface area contributed by atoms with E-state index < -0.39 is 0 Å². The van der Waals surface area contributed by atoms with E-state index in [0.29, 0.717) is 5.92 Å². The second-order valence-corrected chi connectivity index (χ2v) is 6.93. The summed E-state index contributed by atoms with van der Waals surface area (Å²) in [6.45, 7) is 1.07. The molecule has 0 aliphatic heterocycles. The van der Waals surface area contributed by atoms with Crippen LogP contribution in [-0.2, 0) is 12.8 Å². The van der Waals surface area contributed by atoms with Crippen molar-refractivity contribution < 1.29 is 0 Å². The molecule has 1 fully saturated rings. The number of benzene rings is 1. The van der Waals surface area contributed by atoms with Gasteiger partial charge < -0.3 is 5.32 Å². The number of hydrogen-bond acceptors (Lipinski definition) is 3. The first-order valence-corrected chi connectivity index (χ1v) is 8.41. The molecular weight excluding hydrogens is 288 g/mol. The van der Waals surface area contributed by atoms with Gasteiger partial charge in [0.1, 0.15) is 0 Å². The number of rotatable bonds is 7. The van der Waals surface area contributed by atoms with E-state index in [-0.39, 0.29) is 0 Å². The van der Waals surface area contributed by atoms with Crippen molar-refractivity contribution in [3.05, 3.63) is 51.4 Å². The van der Waals surface area contributed by atoms with Gasteiger partial charge in [-0.25, -0.2) is 4.98 Å². The lowest BCUT2D eigenvalue weighted by Crippen LogP contribution is -2.27. The van der Waals surface area contributed by atoms with Crippen molar-refractivity contribution in [2.75, 3.05) is 6.54 Å². The van der Waals surface area contributed by atoms with Gasteiger partial charge in [-0.2, -0.15) is 0 Å². The highest BCUT2D eigenvalue weighted by molar-refractivity contribution is 7.09. The van der Waals surface area contributed by atoms with E-state index >= 15 is 0 Å². The first-order chi connectivity index (χ1) is 9.79. The van der Waals surface area contributed by atoms with Crippen LogP contribution < -0.4 is 5.32 Å². The predicted octanol–water partition coefficient (Wildman–Crippen LogP) is 3.95. The quantitative estimate of drug-likeness (QED) is 0.838. The molecule has 1 aromatic heterocycles. The Morgan fingerprint density at radius 3 is 2.95 bits per heavy atom. The van der Waals surface area contributed by atoms with Crippen molar-refractivity contribution in [3.8, 4) is 0 Å². The van der Waals surface area contributed by atoms with Gasteiger partial charge in [0.15, 0.2) is 0 Å². The Balaban J connectivity index is 1.63. The van der Waals surface area contributed by atoms with E-state index in [9.17, 15) is 0 Å². The van der Waals surface area contributed by atoms with Crippen molar-refractivity contribution in [1.82, 2.24) is 10.3 Å². The molecule has 1 atom stereocenters. The van der Waals surface area contributed by atoms with Crippen LogP contribution in [0.5, 0.6) is 0 Å². The lowest BCUT2D eigenvalue weighted by Gasteiger charge is -2.17. The SMILES string of the molecule is Clc1cccc(CC(CNC2CC2)Cc2nccs2)c1. The second-order valence-electron chi connectivity index (χ2n) is 5.51. The molecule has 3 rings (SSSR count). The molecule has 0 spiro atoms. The smallest absolute Gasteiger partial charge is 0.0928 e. The minimum atomic E-state index is 0.584. The van der Waals surface area contributed by atoms with Crippen LogP contribution in [0.3, 0.4) is 0 Å². The normalized spacial score (nSPS) is 16.2. The van der Waals surface area contributed by atoms with E-state index in [2.05, 4.69) is 27.8 Å². The summed E-state index contributed by atoms with van der Waals surface area (Å²) in [5.41, 5.74) is 1.32. The van der Waals surface area contributed by atoms with Crippen molar-refractivity contribution in [2.45, 2.75) is 31.7 Å². The van der Waals surface area contributed by atoms with Gasteiger partial charge in [0.2, 0.25) is 0 Å². The molecule has 4 heteroatoms. The summed E-state index contributed by atoms with van der Waals surface area (Å²) < 4.78 is 0. The van der Waals surface area contributed by atoms with Crippen molar-refractivity contribution in [2.24, 2.45) is 5.92 Å². The van der Waals surface area contributed by atoms with E-state index in [4.69, 9.17) is 11.6 Å². The Morgan fingerprint density at radius 2 is 2.25 bits per heavy atom. The van der Waals surface area contributed by atoms with Gasteiger partial charge in [0.05, 0.1) is 5.01 Å². The number of halogens is 1. The molecule has 0 radical (unpaired) electrons. The minimum absolute atomic E-state index is 0.584. The Morgan fingerprint density at radius 1 is 1.35 bits per heavy atom. The highest BCUT2D eigenvalue weighted by Gasteiger charge is 2.22. The van der Waals surface area contributed by atoms with Gasteiger partial charge in [-0.3, -0.25) is 0 Å². The molecule has 1 unspecified atom stereocenters. The fraction of sp³-hybridized carbons (Fsp3) is 0.438. The van der Waals surface area contributed by atoms with Crippen molar-refractivity contribution >= 4 is 22.9 Å². The van der Waals surface area contributed by atoms with Gasteiger partial charge >= 0.3 is 0 Å². The van der Waals surface area contributed by atoms with Crippen LogP contribution in [0.2, 0.25) is 5.02 Å². The molecule has 1 saturated carbocycles. The van der Waals surface area contributed by atoms with Crippen molar-refractivity contribution in [3.63, 3.8) is 0 Å². The molecule has 1 N–H and O–H groups in total. The van der Waals surface area contributed by atoms with Gasteiger partial charge in [-0.1, -0.05) is 23.7 Å². The maximum Gasteiger partial charge on any atom is 0.0928 e. The highest BCUT2D eigenvalue weighted by atomic mass is 35.5. The molecule has 0 bridgehead atoms. The van der Waals surface area contributed by atoms with E-state index in [1.807, 2.05) is 18.3 Å². The number of thiazole rings is 1. The molecular formula is C16H19ClN2S. The third-order valence-electron chi connectivity index (χ3n) is 3.63. The fourth-order valence-electron chi connectivity index (χ4n) is 2.44. The van der Waals surface area contributed by atoms with E-state index in [1.165, 1.54) is 23.4 Å². The molecule has 0 amide bonds. The van der Waals surface area contributed by atoms with E-state index in [0.717, 1.165) is 30.5 Å². The van der Waals surface area contributed by atoms with Crippen LogP contribution >= 0.6 is 22.9 Å². The Kier molecular flexibility index (Phi) is 4.71. The van der Waals surface area contributed by atoms with E-state index in [1.54, 1.807) is 11.3 Å². The summed E-state index contributed by atoms with van der Waals surface area (Å²) in [5, 5.41) is 7.76. The van der Waals surface area contributed by atoms with Crippen LogP contribution in [-0.4, -0.2) is 17.6 Å². The lowest BCUT2D eigenvalue weighted by molar-refractivity contribution is 0.468. The standard InChI is InChI=1S/C16H19ClN2S/c17-14-3-1-2-12(9-14)8-13(11-19-15-4-5-15)10-16-18-6-7-20-16/h1-3,6-7,9,13,15,19H,4-5,8,10-11H2. The van der Waals surface area contributed by atoms with Crippen LogP contribution in [0, 0.1) is 5.92 Å². The van der Waals surface area contributed by atoms with Crippen LogP contribution in [0.4, 0.5) is 0 Å². The molecule has 0 saturated heterocycles. The van der Waals surface area contributed by atoms with Gasteiger partial charge in [0.25, 0.3) is 0 Å². The number of aromatic nitrogens is 1. The van der Waals surface area contributed by atoms with Crippen LogP contribution in [0.25, 0.3) is 0 Å². The maximum absolute atomic E-state index is 6.08. The molecule has 1 heterocycles. The number of hydrogen-bond donors (Lipinski definition) is 1. The minimum Gasteiger partial charge on any atom is -0.314 e. The largest absolute Gasteiger partial charge is 0.314 e. The summed E-state index contributed by atoms with van der Waals surface area (Å²) in [4.78, 5) is 4.42. The topological polar surface area (TPSA) is 24.9 Å². The third kappa shape index (κ3) is 4.30. The first-order valence-electron chi connectivity index (χ1n) is 7.16. The number of nitrogens with zero attached hydrogens (tertiary/aromatic N) is 1. The molecule has 1 aliphatic carbocycles. The van der Waals surface area contributed by atoms with Gasteiger partial charge in [0, 0.05) is 29.1 Å². The van der Waals surface area contributed by atoms with Crippen LogP contribution in [0.15, 0.2) is 35.8 Å². The summed E-state index contributed by atoms with van der Waals surface area (Å²) in [5.74, 6) is 0.584. The average Bonchev–Trinajstić information content (AvgIpc) is 3.12. The van der Waals surface area contributed by atoms with Crippen molar-refractivity contribution in [1.29, 1.82) is 0 Å². The zero-order chi connectivity index (χ0) is 13.8. The zero-order valence-electron chi connectivity index (χ0n) is 11.4. The fourth-order valence-corrected chi connectivity index (χ4v) is 3.38. The summed E-state index contributed by atoms with van der Waals surface area (Å²) >= 11 is 7.83. The molecule has 106 valence electrons. The van der Waals surface area contributed by atoms with Gasteiger partial charge in [-0.05, 0) is 49.4 Å². The van der Waals surface area contributed by atoms with Gasteiger partial charge in [-0.15, -0.1) is 11.3 Å². The second kappa shape index (κ2) is 6.70. The maximum atomic E-state index is 6.08. The Bertz CT molecular complexity index is 537. The third-order valence-corrected chi connectivity index (χ3v) is 4.67. The number of nitrogens with one attached hydrogen (secondary N) is 1. The monoisotopic (exact) mass is 306 g/mol. The molecule has 2 nitrogen and oxygen atoms in total. The Labute approximate surface area is 129 Å². The molecule has 2 aromatic rings. The Hall–Kier alpha value is -0.900. The molecule has 1 aromatic carbocycles.